The normalized spacial score (nSPS) is 12.1. The van der Waals surface area contributed by atoms with E-state index in [2.05, 4.69) is 20.8 Å². The van der Waals surface area contributed by atoms with E-state index in [-0.39, 0.29) is 17.2 Å². The molecule has 0 amide bonds. The number of carboxylic acids is 1. The highest BCUT2D eigenvalue weighted by molar-refractivity contribution is 6.02. The molecule has 0 bridgehead atoms. The highest BCUT2D eigenvalue weighted by Gasteiger charge is 2.27. The molecule has 0 fully saturated rings. The van der Waals surface area contributed by atoms with Crippen LogP contribution in [-0.4, -0.2) is 23.1 Å². The van der Waals surface area contributed by atoms with Crippen LogP contribution in [0.5, 0.6) is 0 Å². The average Bonchev–Trinajstić information content (AvgIpc) is 2.99. The van der Waals surface area contributed by atoms with Gasteiger partial charge in [-0.05, 0) is 43.7 Å². The van der Waals surface area contributed by atoms with Gasteiger partial charge in [0.25, 0.3) is 0 Å². The number of rotatable bonds is 29. The molecule has 0 aliphatic heterocycles. The molecule has 1 atom stereocenters. The maximum Gasteiger partial charge on any atom is 0.339 e. The van der Waals surface area contributed by atoms with Crippen LogP contribution in [-0.2, 0) is 4.74 Å². The Kier molecular flexibility index (Phi) is 24.3. The third-order valence-electron chi connectivity index (χ3n) is 8.86. The van der Waals surface area contributed by atoms with Gasteiger partial charge >= 0.3 is 11.9 Å². The Hall–Kier alpha value is -1.84. The molecule has 0 spiro atoms. The summed E-state index contributed by atoms with van der Waals surface area (Å²) in [6.45, 7) is 6.78. The summed E-state index contributed by atoms with van der Waals surface area (Å²) >= 11 is 0. The van der Waals surface area contributed by atoms with Crippen molar-refractivity contribution in [1.29, 1.82) is 0 Å². The lowest BCUT2D eigenvalue weighted by molar-refractivity contribution is 0.00613. The van der Waals surface area contributed by atoms with Crippen molar-refractivity contribution in [3.05, 3.63) is 35.4 Å². The molecule has 1 rings (SSSR count). The van der Waals surface area contributed by atoms with E-state index in [1.807, 2.05) is 0 Å². The summed E-state index contributed by atoms with van der Waals surface area (Å²) in [4.78, 5) is 25.2. The number of carbonyl (C=O) groups is 2. The van der Waals surface area contributed by atoms with Crippen molar-refractivity contribution >= 4 is 11.9 Å². The third kappa shape index (κ3) is 18.6. The van der Waals surface area contributed by atoms with Crippen LogP contribution in [0.4, 0.5) is 0 Å². The standard InChI is InChI=1S/C38H66O4/c1-4-7-10-13-16-19-22-25-32-36(42-38(41)35-31-27-26-30-34(35)37(39)40)33(28-23-20-17-14-11-8-5-2)29-24-21-18-15-12-9-6-3/h26-27,30-31,33,36H,4-25,28-29,32H2,1-3H3,(H,39,40). The molecule has 0 aliphatic carbocycles. The van der Waals surface area contributed by atoms with Crippen LogP contribution in [0.25, 0.3) is 0 Å². The first-order chi connectivity index (χ1) is 20.5. The number of ether oxygens (including phenoxy) is 1. The van der Waals surface area contributed by atoms with E-state index in [9.17, 15) is 14.7 Å². The number of aromatic carboxylic acids is 1. The first-order valence-electron chi connectivity index (χ1n) is 18.1. The van der Waals surface area contributed by atoms with E-state index in [0.29, 0.717) is 5.92 Å². The van der Waals surface area contributed by atoms with E-state index in [0.717, 1.165) is 25.7 Å². The van der Waals surface area contributed by atoms with Crippen LogP contribution in [0.1, 0.15) is 202 Å². The van der Waals surface area contributed by atoms with E-state index < -0.39 is 11.9 Å². The molecule has 0 saturated heterocycles. The SMILES string of the molecule is CCCCCCCCCCC(OC(=O)c1ccccc1C(=O)O)C(CCCCCCCCC)CCCCCCCCC. The Morgan fingerprint density at radius 2 is 0.905 bits per heavy atom. The molecule has 0 saturated carbocycles. The minimum Gasteiger partial charge on any atom is -0.478 e. The molecule has 42 heavy (non-hydrogen) atoms. The van der Waals surface area contributed by atoms with Crippen LogP contribution in [0.3, 0.4) is 0 Å². The maximum atomic E-state index is 13.4. The molecule has 4 nitrogen and oxygen atoms in total. The molecule has 0 heterocycles. The molecule has 4 heteroatoms. The second kappa shape index (κ2) is 26.8. The van der Waals surface area contributed by atoms with Crippen molar-refractivity contribution in [3.8, 4) is 0 Å². The van der Waals surface area contributed by atoms with Gasteiger partial charge in [0.05, 0.1) is 11.1 Å². The number of esters is 1. The average molecular weight is 587 g/mol. The molecule has 242 valence electrons. The summed E-state index contributed by atoms with van der Waals surface area (Å²) in [5, 5.41) is 9.67. The van der Waals surface area contributed by atoms with Crippen LogP contribution >= 0.6 is 0 Å². The molecule has 1 N–H and O–H groups in total. The van der Waals surface area contributed by atoms with Crippen molar-refractivity contribution in [2.24, 2.45) is 5.92 Å². The van der Waals surface area contributed by atoms with Gasteiger partial charge in [-0.15, -0.1) is 0 Å². The van der Waals surface area contributed by atoms with Crippen molar-refractivity contribution in [3.63, 3.8) is 0 Å². The van der Waals surface area contributed by atoms with Crippen molar-refractivity contribution in [1.82, 2.24) is 0 Å². The Morgan fingerprint density at radius 1 is 0.548 bits per heavy atom. The van der Waals surface area contributed by atoms with Gasteiger partial charge in [0.2, 0.25) is 0 Å². The summed E-state index contributed by atoms with van der Waals surface area (Å²) < 4.78 is 6.27. The van der Waals surface area contributed by atoms with Crippen LogP contribution in [0, 0.1) is 5.92 Å². The zero-order valence-corrected chi connectivity index (χ0v) is 27.8. The number of unbranched alkanes of at least 4 members (excludes halogenated alkanes) is 19. The predicted octanol–water partition coefficient (Wildman–Crippen LogP) is 12.3. The van der Waals surface area contributed by atoms with E-state index in [1.54, 1.807) is 18.2 Å². The molecule has 0 aromatic heterocycles. The van der Waals surface area contributed by atoms with Crippen LogP contribution < -0.4 is 0 Å². The summed E-state index contributed by atoms with van der Waals surface area (Å²) in [5.74, 6) is -1.20. The minimum atomic E-state index is -1.08. The van der Waals surface area contributed by atoms with Gasteiger partial charge in [0, 0.05) is 0 Å². The summed E-state index contributed by atoms with van der Waals surface area (Å²) in [6.07, 6.45) is 30.9. The lowest BCUT2D eigenvalue weighted by Gasteiger charge is -2.28. The van der Waals surface area contributed by atoms with Gasteiger partial charge in [-0.3, -0.25) is 0 Å². The van der Waals surface area contributed by atoms with E-state index in [4.69, 9.17) is 4.74 Å². The van der Waals surface area contributed by atoms with Crippen molar-refractivity contribution in [2.45, 2.75) is 187 Å². The lowest BCUT2D eigenvalue weighted by atomic mass is 9.86. The predicted molar refractivity (Wildman–Crippen MR) is 179 cm³/mol. The summed E-state index contributed by atoms with van der Waals surface area (Å²) in [5.41, 5.74) is 0.209. The lowest BCUT2D eigenvalue weighted by Crippen LogP contribution is -2.28. The fourth-order valence-electron chi connectivity index (χ4n) is 6.16. The zero-order chi connectivity index (χ0) is 30.7. The van der Waals surface area contributed by atoms with Crippen molar-refractivity contribution in [2.75, 3.05) is 0 Å². The second-order valence-corrected chi connectivity index (χ2v) is 12.6. The van der Waals surface area contributed by atoms with Crippen molar-refractivity contribution < 1.29 is 19.4 Å². The molecule has 0 aliphatic rings. The Labute approximate surface area is 259 Å². The number of carbonyl (C=O) groups excluding carboxylic acids is 1. The number of hydrogen-bond donors (Lipinski definition) is 1. The molecule has 1 aromatic rings. The topological polar surface area (TPSA) is 63.6 Å². The van der Waals surface area contributed by atoms with Gasteiger partial charge in [-0.25, -0.2) is 9.59 Å². The number of carboxylic acid groups (broad SMARTS) is 1. The maximum absolute atomic E-state index is 13.4. The second-order valence-electron chi connectivity index (χ2n) is 12.6. The van der Waals surface area contributed by atoms with Crippen LogP contribution in [0.2, 0.25) is 0 Å². The quantitative estimate of drug-likeness (QED) is 0.0749. The van der Waals surface area contributed by atoms with Crippen LogP contribution in [0.15, 0.2) is 24.3 Å². The molecule has 0 radical (unpaired) electrons. The smallest absolute Gasteiger partial charge is 0.339 e. The first-order valence-corrected chi connectivity index (χ1v) is 18.1. The van der Waals surface area contributed by atoms with E-state index in [1.165, 1.54) is 141 Å². The Balaban J connectivity index is 2.87. The highest BCUT2D eigenvalue weighted by atomic mass is 16.5. The monoisotopic (exact) mass is 586 g/mol. The number of benzene rings is 1. The summed E-state index contributed by atoms with van der Waals surface area (Å²) in [7, 11) is 0. The van der Waals surface area contributed by atoms with E-state index >= 15 is 0 Å². The first kappa shape index (κ1) is 38.2. The molecule has 1 aromatic carbocycles. The van der Waals surface area contributed by atoms with Gasteiger partial charge in [0.15, 0.2) is 0 Å². The van der Waals surface area contributed by atoms with Gasteiger partial charge in [-0.1, -0.05) is 168 Å². The largest absolute Gasteiger partial charge is 0.478 e. The summed E-state index contributed by atoms with van der Waals surface area (Å²) in [6, 6.07) is 6.50. The molecular weight excluding hydrogens is 520 g/mol. The van der Waals surface area contributed by atoms with Gasteiger partial charge < -0.3 is 9.84 Å². The zero-order valence-electron chi connectivity index (χ0n) is 27.8. The van der Waals surface area contributed by atoms with Gasteiger partial charge in [0.1, 0.15) is 6.10 Å². The Bertz CT molecular complexity index is 771. The minimum absolute atomic E-state index is 0.0315. The number of hydrogen-bond acceptors (Lipinski definition) is 3. The Morgan fingerprint density at radius 3 is 1.31 bits per heavy atom. The highest BCUT2D eigenvalue weighted by Crippen LogP contribution is 2.29. The molecule has 1 unspecified atom stereocenters. The fraction of sp³-hybridized carbons (Fsp3) is 0.789. The fourth-order valence-corrected chi connectivity index (χ4v) is 6.16. The van der Waals surface area contributed by atoms with Gasteiger partial charge in [-0.2, -0.15) is 0 Å². The molecular formula is C38H66O4. The third-order valence-corrected chi connectivity index (χ3v) is 8.86.